The van der Waals surface area contributed by atoms with Gasteiger partial charge in [-0.1, -0.05) is 6.92 Å². The van der Waals surface area contributed by atoms with Gasteiger partial charge in [0.1, 0.15) is 46.1 Å². The van der Waals surface area contributed by atoms with Gasteiger partial charge in [-0.05, 0) is 58.4 Å². The van der Waals surface area contributed by atoms with E-state index in [0.29, 0.717) is 18.6 Å². The van der Waals surface area contributed by atoms with Gasteiger partial charge >= 0.3 is 18.0 Å². The lowest BCUT2D eigenvalue weighted by Gasteiger charge is -2.21. The van der Waals surface area contributed by atoms with Crippen molar-refractivity contribution in [2.45, 2.75) is 52.7 Å². The van der Waals surface area contributed by atoms with Crippen LogP contribution in [0.4, 0.5) is 4.79 Å². The van der Waals surface area contributed by atoms with Crippen LogP contribution in [0.1, 0.15) is 51.4 Å². The highest BCUT2D eigenvalue weighted by atomic mass is 16.6. The van der Waals surface area contributed by atoms with E-state index in [-0.39, 0.29) is 28.2 Å². The number of carbonyl (C=O) groups excluding carboxylic acids is 3. The van der Waals surface area contributed by atoms with Gasteiger partial charge in [0.2, 0.25) is 11.2 Å². The molecule has 0 unspecified atom stereocenters. The summed E-state index contributed by atoms with van der Waals surface area (Å²) in [6.07, 6.45) is 0.949. The number of esters is 2. The third kappa shape index (κ3) is 7.25. The minimum atomic E-state index is -1.06. The van der Waals surface area contributed by atoms with Crippen molar-refractivity contribution >= 4 is 29.0 Å². The minimum Gasteiger partial charge on any atom is -0.507 e. The van der Waals surface area contributed by atoms with Gasteiger partial charge < -0.3 is 33.8 Å². The first-order valence-corrected chi connectivity index (χ1v) is 11.8. The average molecular weight is 528 g/mol. The second kappa shape index (κ2) is 11.7. The molecule has 2 N–H and O–H groups in total. The van der Waals surface area contributed by atoms with E-state index < -0.39 is 40.9 Å². The van der Waals surface area contributed by atoms with Crippen molar-refractivity contribution in [1.82, 2.24) is 5.32 Å². The number of rotatable bonds is 8. The Labute approximate surface area is 218 Å². The average Bonchev–Trinajstić information content (AvgIpc) is 2.83. The minimum absolute atomic E-state index is 0.0630. The van der Waals surface area contributed by atoms with Gasteiger partial charge in [0, 0.05) is 12.1 Å². The van der Waals surface area contributed by atoms with Gasteiger partial charge in [-0.15, -0.1) is 0 Å². The van der Waals surface area contributed by atoms with Crippen LogP contribution in [0.15, 0.2) is 51.9 Å². The van der Waals surface area contributed by atoms with E-state index >= 15 is 0 Å². The number of fused-ring (bicyclic) bond motifs is 1. The molecule has 202 valence electrons. The summed E-state index contributed by atoms with van der Waals surface area (Å²) in [5.41, 5.74) is -1.16. The number of ether oxygens (including phenoxy) is 4. The Balaban J connectivity index is 1.74. The summed E-state index contributed by atoms with van der Waals surface area (Å²) in [6, 6.07) is 7.21. The molecule has 1 atom stereocenters. The van der Waals surface area contributed by atoms with Crippen molar-refractivity contribution in [3.63, 3.8) is 0 Å². The number of hydrogen-bond acceptors (Lipinski definition) is 10. The normalized spacial score (nSPS) is 11.9. The molecule has 3 aromatic rings. The highest BCUT2D eigenvalue weighted by molar-refractivity contribution is 5.90. The second-order valence-electron chi connectivity index (χ2n) is 9.30. The van der Waals surface area contributed by atoms with Crippen molar-refractivity contribution in [2.24, 2.45) is 0 Å². The number of amides is 1. The maximum absolute atomic E-state index is 12.9. The molecule has 38 heavy (non-hydrogen) atoms. The Morgan fingerprint density at radius 2 is 1.76 bits per heavy atom. The molecule has 0 radical (unpaired) electrons. The third-order valence-corrected chi connectivity index (χ3v) is 4.86. The van der Waals surface area contributed by atoms with Crippen LogP contribution in [0.5, 0.6) is 23.0 Å². The quantitative estimate of drug-likeness (QED) is 0.312. The van der Waals surface area contributed by atoms with Crippen molar-refractivity contribution in [2.75, 3.05) is 6.61 Å². The number of nitrogens with one attached hydrogen (secondary N) is 1. The van der Waals surface area contributed by atoms with Crippen LogP contribution in [0.2, 0.25) is 0 Å². The lowest BCUT2D eigenvalue weighted by molar-refractivity contribution is -0.136. The zero-order valence-corrected chi connectivity index (χ0v) is 21.7. The second-order valence-corrected chi connectivity index (χ2v) is 9.30. The number of hydrogen-bond donors (Lipinski definition) is 2. The molecule has 3 rings (SSSR count). The van der Waals surface area contributed by atoms with Gasteiger partial charge in [-0.2, -0.15) is 0 Å². The summed E-state index contributed by atoms with van der Waals surface area (Å²) >= 11 is 0. The van der Waals surface area contributed by atoms with Gasteiger partial charge in [0.25, 0.3) is 0 Å². The Kier molecular flexibility index (Phi) is 8.61. The highest BCUT2D eigenvalue weighted by Gasteiger charge is 2.23. The molecule has 0 spiro atoms. The molecule has 0 aliphatic rings. The smallest absolute Gasteiger partial charge is 0.408 e. The van der Waals surface area contributed by atoms with Crippen molar-refractivity contribution in [1.29, 1.82) is 0 Å². The van der Waals surface area contributed by atoms with E-state index in [9.17, 15) is 24.3 Å². The molecule has 2 aromatic carbocycles. The molecular formula is C27H29NO10. The molecule has 0 bridgehead atoms. The van der Waals surface area contributed by atoms with E-state index in [2.05, 4.69) is 5.32 Å². The first-order chi connectivity index (χ1) is 17.9. The fourth-order valence-corrected chi connectivity index (χ4v) is 3.13. The SMILES string of the molecule is CCCOC(=O)c1ccc(Oc2coc3cc(OC(=O)[C@H](C)NC(=O)OC(C)(C)C)cc(O)c3c2=O)cc1. The van der Waals surface area contributed by atoms with Gasteiger partial charge in [-0.25, -0.2) is 14.4 Å². The van der Waals surface area contributed by atoms with Crippen molar-refractivity contribution < 1.29 is 42.9 Å². The first kappa shape index (κ1) is 28.0. The Morgan fingerprint density at radius 3 is 2.39 bits per heavy atom. The van der Waals surface area contributed by atoms with Crippen molar-refractivity contribution in [3.8, 4) is 23.0 Å². The number of aromatic hydroxyl groups is 1. The number of carbonyl (C=O) groups is 3. The topological polar surface area (TPSA) is 151 Å². The summed E-state index contributed by atoms with van der Waals surface area (Å²) in [5, 5.41) is 12.6. The van der Waals surface area contributed by atoms with Crippen LogP contribution < -0.4 is 20.2 Å². The molecule has 0 saturated heterocycles. The zero-order chi connectivity index (χ0) is 28.0. The first-order valence-electron chi connectivity index (χ1n) is 11.8. The standard InChI is InChI=1S/C27H29NO10/c1-6-11-34-25(32)16-7-9-17(10-8-16)36-21-14-35-20-13-18(12-19(29)22(20)23(21)30)37-24(31)15(2)28-26(33)38-27(3,4)5/h7-10,12-15,29H,6,11H2,1-5H3,(H,28,33)/t15-/m0/s1. The maximum atomic E-state index is 12.9. The molecule has 1 aromatic heterocycles. The molecule has 1 amide bonds. The van der Waals surface area contributed by atoms with E-state index in [0.717, 1.165) is 12.3 Å². The summed E-state index contributed by atoms with van der Waals surface area (Å²) in [5.74, 6) is -1.89. The molecule has 11 nitrogen and oxygen atoms in total. The van der Waals surface area contributed by atoms with E-state index in [1.165, 1.54) is 37.3 Å². The fraction of sp³-hybridized carbons (Fsp3) is 0.333. The highest BCUT2D eigenvalue weighted by Crippen LogP contribution is 2.31. The van der Waals surface area contributed by atoms with Crippen LogP contribution in [0.25, 0.3) is 11.0 Å². The van der Waals surface area contributed by atoms with Crippen LogP contribution in [-0.2, 0) is 14.3 Å². The monoisotopic (exact) mass is 527 g/mol. The molecule has 0 aliphatic carbocycles. The Morgan fingerprint density at radius 1 is 1.08 bits per heavy atom. The molecular weight excluding hydrogens is 498 g/mol. The van der Waals surface area contributed by atoms with Gasteiger partial charge in [0.15, 0.2) is 0 Å². The lowest BCUT2D eigenvalue weighted by atomic mass is 10.2. The molecule has 1 heterocycles. The largest absolute Gasteiger partial charge is 0.507 e. The van der Waals surface area contributed by atoms with E-state index in [4.69, 9.17) is 23.4 Å². The van der Waals surface area contributed by atoms with Crippen LogP contribution in [-0.4, -0.2) is 41.4 Å². The molecule has 0 aliphatic heterocycles. The fourth-order valence-electron chi connectivity index (χ4n) is 3.13. The lowest BCUT2D eigenvalue weighted by Crippen LogP contribution is -2.43. The number of phenolic OH excluding ortho intramolecular Hbond substituents is 1. The predicted molar refractivity (Wildman–Crippen MR) is 136 cm³/mol. The summed E-state index contributed by atoms with van der Waals surface area (Å²) in [6.45, 7) is 8.64. The van der Waals surface area contributed by atoms with Gasteiger partial charge in [0.05, 0.1) is 12.2 Å². The number of benzene rings is 2. The predicted octanol–water partition coefficient (Wildman–Crippen LogP) is 4.68. The molecule has 0 fully saturated rings. The van der Waals surface area contributed by atoms with Crippen molar-refractivity contribution in [3.05, 3.63) is 58.4 Å². The Hall–Kier alpha value is -4.54. The number of phenols is 1. The number of alkyl carbamates (subject to hydrolysis) is 1. The maximum Gasteiger partial charge on any atom is 0.408 e. The van der Waals surface area contributed by atoms with E-state index in [1.807, 2.05) is 6.92 Å². The third-order valence-electron chi connectivity index (χ3n) is 4.86. The van der Waals surface area contributed by atoms with Crippen LogP contribution in [0, 0.1) is 0 Å². The molecule has 0 saturated carbocycles. The Bertz CT molecular complexity index is 1390. The summed E-state index contributed by atoms with van der Waals surface area (Å²) in [7, 11) is 0. The zero-order valence-electron chi connectivity index (χ0n) is 21.7. The van der Waals surface area contributed by atoms with E-state index in [1.54, 1.807) is 20.8 Å². The van der Waals surface area contributed by atoms with Gasteiger partial charge in [-0.3, -0.25) is 4.79 Å². The van der Waals surface area contributed by atoms with Crippen LogP contribution in [0.3, 0.4) is 0 Å². The summed E-state index contributed by atoms with van der Waals surface area (Å²) < 4.78 is 26.4. The molecule has 11 heteroatoms. The summed E-state index contributed by atoms with van der Waals surface area (Å²) in [4.78, 5) is 49.1. The van der Waals surface area contributed by atoms with Crippen LogP contribution >= 0.6 is 0 Å².